The molecular weight excluding hydrogens is 388 g/mol. The maximum absolute atomic E-state index is 12.8. The van der Waals surface area contributed by atoms with Gasteiger partial charge in [0.05, 0.1) is 18.6 Å². The molecule has 0 fully saturated rings. The van der Waals surface area contributed by atoms with Crippen molar-refractivity contribution in [1.82, 2.24) is 19.4 Å². The van der Waals surface area contributed by atoms with Gasteiger partial charge in [-0.25, -0.2) is 4.98 Å². The monoisotopic (exact) mass is 406 g/mol. The van der Waals surface area contributed by atoms with Gasteiger partial charge in [-0.05, 0) is 29.1 Å². The molecule has 8 heteroatoms. The van der Waals surface area contributed by atoms with E-state index in [-0.39, 0.29) is 19.0 Å². The van der Waals surface area contributed by atoms with Crippen LogP contribution in [0.25, 0.3) is 11.2 Å². The molecule has 4 rings (SSSR count). The Morgan fingerprint density at radius 1 is 0.966 bits per heavy atom. The topological polar surface area (TPSA) is 86.0 Å². The fourth-order valence-corrected chi connectivity index (χ4v) is 3.76. The van der Waals surface area contributed by atoms with Crippen LogP contribution in [0.15, 0.2) is 75.8 Å². The first-order valence-electron chi connectivity index (χ1n) is 9.05. The van der Waals surface area contributed by atoms with Crippen molar-refractivity contribution in [2.24, 2.45) is 0 Å². The van der Waals surface area contributed by atoms with Crippen molar-refractivity contribution in [1.29, 1.82) is 0 Å². The highest BCUT2D eigenvalue weighted by Gasteiger charge is 2.16. The predicted octanol–water partition coefficient (Wildman–Crippen LogP) is 1.98. The van der Waals surface area contributed by atoms with Gasteiger partial charge in [0, 0.05) is 11.1 Å². The van der Waals surface area contributed by atoms with E-state index in [4.69, 9.17) is 0 Å². The third kappa shape index (κ3) is 4.02. The molecule has 0 bridgehead atoms. The summed E-state index contributed by atoms with van der Waals surface area (Å²) in [4.78, 5) is 43.3. The first kappa shape index (κ1) is 18.8. The first-order valence-corrected chi connectivity index (χ1v) is 9.93. The van der Waals surface area contributed by atoms with E-state index in [2.05, 4.69) is 10.3 Å². The number of nitrogens with zero attached hydrogens (tertiary/aromatic N) is 3. The lowest BCUT2D eigenvalue weighted by molar-refractivity contribution is -0.121. The summed E-state index contributed by atoms with van der Waals surface area (Å²) in [6.07, 6.45) is 1.56. The maximum Gasteiger partial charge on any atom is 0.318 e. The molecule has 1 amide bonds. The average Bonchev–Trinajstić information content (AvgIpc) is 3.27. The maximum atomic E-state index is 12.8. The van der Waals surface area contributed by atoms with E-state index in [1.54, 1.807) is 18.3 Å². The molecule has 3 heterocycles. The Balaban J connectivity index is 1.69. The van der Waals surface area contributed by atoms with Crippen molar-refractivity contribution in [3.63, 3.8) is 0 Å². The summed E-state index contributed by atoms with van der Waals surface area (Å²) in [6.45, 7) is 0.369. The lowest BCUT2D eigenvalue weighted by Gasteiger charge is -2.14. The molecule has 0 saturated heterocycles. The Labute approximate surface area is 169 Å². The standard InChI is InChI=1S/C21H18N4O3S/c26-18(23-12-16-8-5-11-29-16)14-24-17-9-4-10-22-19(17)25(21(28)20(24)27)13-15-6-2-1-3-7-15/h1-11H,12-14H2,(H,23,26). The second-order valence-electron chi connectivity index (χ2n) is 6.47. The SMILES string of the molecule is O=C(Cn1c(=O)c(=O)n(Cc2ccccc2)c2ncccc21)NCc1cccs1. The van der Waals surface area contributed by atoms with Crippen molar-refractivity contribution in [3.05, 3.63) is 97.3 Å². The molecule has 0 spiro atoms. The van der Waals surface area contributed by atoms with E-state index < -0.39 is 11.1 Å². The number of carbonyl (C=O) groups excluding carboxylic acids is 1. The van der Waals surface area contributed by atoms with E-state index in [9.17, 15) is 14.4 Å². The van der Waals surface area contributed by atoms with Crippen molar-refractivity contribution in [2.75, 3.05) is 0 Å². The van der Waals surface area contributed by atoms with E-state index in [1.165, 1.54) is 20.5 Å². The van der Waals surface area contributed by atoms with E-state index in [0.29, 0.717) is 17.7 Å². The molecule has 0 aliphatic rings. The lowest BCUT2D eigenvalue weighted by Crippen LogP contribution is -2.44. The normalized spacial score (nSPS) is 10.9. The van der Waals surface area contributed by atoms with E-state index >= 15 is 0 Å². The van der Waals surface area contributed by atoms with Gasteiger partial charge in [-0.3, -0.25) is 23.5 Å². The minimum Gasteiger partial charge on any atom is -0.350 e. The quantitative estimate of drug-likeness (QED) is 0.496. The number of hydrogen-bond donors (Lipinski definition) is 1. The van der Waals surface area contributed by atoms with Gasteiger partial charge < -0.3 is 5.32 Å². The fraction of sp³-hybridized carbons (Fsp3) is 0.143. The molecule has 146 valence electrons. The molecular formula is C21H18N4O3S. The number of rotatable bonds is 6. The van der Waals surface area contributed by atoms with Crippen molar-refractivity contribution >= 4 is 28.4 Å². The predicted molar refractivity (Wildman–Crippen MR) is 112 cm³/mol. The summed E-state index contributed by atoms with van der Waals surface area (Å²) < 4.78 is 2.54. The Kier molecular flexibility index (Phi) is 5.35. The number of fused-ring (bicyclic) bond motifs is 1. The van der Waals surface area contributed by atoms with Crippen LogP contribution in [0, 0.1) is 0 Å². The molecule has 0 radical (unpaired) electrons. The van der Waals surface area contributed by atoms with Gasteiger partial charge in [-0.1, -0.05) is 36.4 Å². The Hall–Kier alpha value is -3.52. The lowest BCUT2D eigenvalue weighted by atomic mass is 10.2. The van der Waals surface area contributed by atoms with E-state index in [0.717, 1.165) is 10.4 Å². The summed E-state index contributed by atoms with van der Waals surface area (Å²) in [5.41, 5.74) is 0.248. The largest absolute Gasteiger partial charge is 0.350 e. The van der Waals surface area contributed by atoms with E-state index in [1.807, 2.05) is 47.8 Å². The minimum absolute atomic E-state index is 0.230. The van der Waals surface area contributed by atoms with Crippen molar-refractivity contribution in [3.8, 4) is 0 Å². The molecule has 4 aromatic rings. The van der Waals surface area contributed by atoms with Gasteiger partial charge in [0.2, 0.25) is 5.91 Å². The highest BCUT2D eigenvalue weighted by atomic mass is 32.1. The fourth-order valence-electron chi connectivity index (χ4n) is 3.11. The summed E-state index contributed by atoms with van der Waals surface area (Å²) in [5.74, 6) is -0.342. The number of amides is 1. The number of carbonyl (C=O) groups is 1. The third-order valence-corrected chi connectivity index (χ3v) is 5.39. The van der Waals surface area contributed by atoms with Crippen LogP contribution in [0.4, 0.5) is 0 Å². The number of pyridine rings is 1. The molecule has 1 aromatic carbocycles. The molecule has 7 nitrogen and oxygen atoms in total. The van der Waals surface area contributed by atoms with Gasteiger partial charge in [0.15, 0.2) is 5.65 Å². The molecule has 0 unspecified atom stereocenters. The van der Waals surface area contributed by atoms with Gasteiger partial charge in [0.1, 0.15) is 6.54 Å². The second-order valence-corrected chi connectivity index (χ2v) is 7.50. The first-order chi connectivity index (χ1) is 14.1. The number of hydrogen-bond acceptors (Lipinski definition) is 5. The zero-order valence-corrected chi connectivity index (χ0v) is 16.3. The van der Waals surface area contributed by atoms with Gasteiger partial charge >= 0.3 is 11.1 Å². The van der Waals surface area contributed by atoms with Crippen molar-refractivity contribution in [2.45, 2.75) is 19.6 Å². The number of nitrogens with one attached hydrogen (secondary N) is 1. The number of thiophene rings is 1. The van der Waals surface area contributed by atoms with Crippen LogP contribution in [0.1, 0.15) is 10.4 Å². The average molecular weight is 406 g/mol. The van der Waals surface area contributed by atoms with Crippen LogP contribution in [0.2, 0.25) is 0 Å². The van der Waals surface area contributed by atoms with Crippen LogP contribution in [0.5, 0.6) is 0 Å². The van der Waals surface area contributed by atoms with Crippen LogP contribution in [-0.4, -0.2) is 20.0 Å². The molecule has 3 aromatic heterocycles. The molecule has 0 saturated carbocycles. The Morgan fingerprint density at radius 3 is 2.52 bits per heavy atom. The highest BCUT2D eigenvalue weighted by Crippen LogP contribution is 2.10. The molecule has 1 N–H and O–H groups in total. The summed E-state index contributed by atoms with van der Waals surface area (Å²) >= 11 is 1.54. The second kappa shape index (κ2) is 8.24. The molecule has 29 heavy (non-hydrogen) atoms. The Morgan fingerprint density at radius 2 is 1.76 bits per heavy atom. The van der Waals surface area contributed by atoms with Crippen LogP contribution in [-0.2, 0) is 24.4 Å². The summed E-state index contributed by atoms with van der Waals surface area (Å²) in [7, 11) is 0. The molecule has 0 aliphatic carbocycles. The van der Waals surface area contributed by atoms with Crippen LogP contribution in [0.3, 0.4) is 0 Å². The van der Waals surface area contributed by atoms with Crippen LogP contribution < -0.4 is 16.4 Å². The van der Waals surface area contributed by atoms with Gasteiger partial charge in [-0.2, -0.15) is 0 Å². The number of aromatic nitrogens is 3. The van der Waals surface area contributed by atoms with Gasteiger partial charge in [0.25, 0.3) is 0 Å². The Bertz CT molecular complexity index is 1260. The molecule has 0 atom stereocenters. The zero-order valence-electron chi connectivity index (χ0n) is 15.4. The number of benzene rings is 1. The van der Waals surface area contributed by atoms with Crippen LogP contribution >= 0.6 is 11.3 Å². The van der Waals surface area contributed by atoms with Crippen molar-refractivity contribution < 1.29 is 4.79 Å². The summed E-state index contributed by atoms with van der Waals surface area (Å²) in [5, 5.41) is 4.71. The highest BCUT2D eigenvalue weighted by molar-refractivity contribution is 7.09. The zero-order chi connectivity index (χ0) is 20.2. The smallest absolute Gasteiger partial charge is 0.318 e. The summed E-state index contributed by atoms with van der Waals surface area (Å²) in [6, 6.07) is 16.6. The molecule has 0 aliphatic heterocycles. The third-order valence-electron chi connectivity index (χ3n) is 4.51. The minimum atomic E-state index is -0.743. The van der Waals surface area contributed by atoms with Gasteiger partial charge in [-0.15, -0.1) is 11.3 Å².